The molecule has 4 nitrogen and oxygen atoms in total. The van der Waals surface area contributed by atoms with Crippen LogP contribution in [0.5, 0.6) is 5.75 Å². The molecule has 0 heterocycles. The predicted octanol–water partition coefficient (Wildman–Crippen LogP) is 4.05. The second kappa shape index (κ2) is 8.56. The predicted molar refractivity (Wildman–Crippen MR) is 114 cm³/mol. The fraction of sp³-hybridized carbons (Fsp3) is 0.760. The Morgan fingerprint density at radius 3 is 2.83 bits per heavy atom. The number of benzene rings is 1. The van der Waals surface area contributed by atoms with E-state index in [-0.39, 0.29) is 24.7 Å². The lowest BCUT2D eigenvalue weighted by Crippen LogP contribution is -2.47. The molecule has 4 heteroatoms. The molecule has 0 aliphatic heterocycles. The highest BCUT2D eigenvalue weighted by atomic mass is 16.5. The normalized spacial score (nSPS) is 36.8. The van der Waals surface area contributed by atoms with Gasteiger partial charge in [-0.25, -0.2) is 0 Å². The number of unbranched alkanes of at least 4 members (excludes halogenated alkanes) is 1. The van der Waals surface area contributed by atoms with E-state index in [1.165, 1.54) is 43.2 Å². The third kappa shape index (κ3) is 3.84. The van der Waals surface area contributed by atoms with E-state index in [0.29, 0.717) is 23.7 Å². The van der Waals surface area contributed by atoms with E-state index in [1.807, 2.05) is 6.07 Å². The number of hydrogen-bond acceptors (Lipinski definition) is 4. The van der Waals surface area contributed by atoms with Crippen molar-refractivity contribution < 1.29 is 20.1 Å². The molecule has 3 N–H and O–H groups in total. The van der Waals surface area contributed by atoms with E-state index >= 15 is 0 Å². The van der Waals surface area contributed by atoms with Crippen molar-refractivity contribution >= 4 is 0 Å². The maximum Gasteiger partial charge on any atom is 0.119 e. The molecule has 0 bridgehead atoms. The largest absolute Gasteiger partial charge is 0.491 e. The molecule has 1 unspecified atom stereocenters. The second-order valence-corrected chi connectivity index (χ2v) is 10.0. The van der Waals surface area contributed by atoms with Crippen LogP contribution in [0.25, 0.3) is 0 Å². The number of ether oxygens (including phenoxy) is 1. The molecule has 4 rings (SSSR count). The summed E-state index contributed by atoms with van der Waals surface area (Å²) in [6.07, 6.45) is 8.35. The van der Waals surface area contributed by atoms with Crippen LogP contribution in [0.3, 0.4) is 0 Å². The molecule has 2 fully saturated rings. The molecule has 0 aromatic heterocycles. The maximum atomic E-state index is 10.7. The number of hydrogen-bond donors (Lipinski definition) is 3. The summed E-state index contributed by atoms with van der Waals surface area (Å²) < 4.78 is 5.73. The Labute approximate surface area is 175 Å². The van der Waals surface area contributed by atoms with Crippen molar-refractivity contribution in [3.8, 4) is 5.75 Å². The lowest BCUT2D eigenvalue weighted by atomic mass is 9.52. The lowest BCUT2D eigenvalue weighted by Gasteiger charge is -2.53. The van der Waals surface area contributed by atoms with Crippen LogP contribution < -0.4 is 4.74 Å². The van der Waals surface area contributed by atoms with Gasteiger partial charge in [-0.3, -0.25) is 0 Å². The minimum absolute atomic E-state index is 0.104. The van der Waals surface area contributed by atoms with Crippen molar-refractivity contribution in [3.05, 3.63) is 29.3 Å². The summed E-state index contributed by atoms with van der Waals surface area (Å²) in [6, 6.07) is 6.45. The van der Waals surface area contributed by atoms with E-state index < -0.39 is 6.10 Å². The summed E-state index contributed by atoms with van der Waals surface area (Å²) in [5.74, 6) is 3.40. The Morgan fingerprint density at radius 2 is 2.07 bits per heavy atom. The van der Waals surface area contributed by atoms with Gasteiger partial charge in [-0.2, -0.15) is 0 Å². The fourth-order valence-electron chi connectivity index (χ4n) is 6.82. The van der Waals surface area contributed by atoms with Crippen LogP contribution in [-0.2, 0) is 6.42 Å². The maximum absolute atomic E-state index is 10.7. The van der Waals surface area contributed by atoms with E-state index in [2.05, 4.69) is 26.0 Å². The van der Waals surface area contributed by atoms with Crippen molar-refractivity contribution in [2.45, 2.75) is 83.3 Å². The summed E-state index contributed by atoms with van der Waals surface area (Å²) in [5, 5.41) is 29.3. The molecule has 0 radical (unpaired) electrons. The lowest BCUT2D eigenvalue weighted by molar-refractivity contribution is -0.0395. The van der Waals surface area contributed by atoms with Crippen LogP contribution in [-0.4, -0.2) is 40.7 Å². The number of aliphatic hydroxyl groups is 3. The number of fused-ring (bicyclic) bond motifs is 5. The molecule has 3 aliphatic carbocycles. The van der Waals surface area contributed by atoms with E-state index in [9.17, 15) is 10.2 Å². The number of rotatable bonds is 7. The smallest absolute Gasteiger partial charge is 0.119 e. The molecule has 1 aromatic rings. The van der Waals surface area contributed by atoms with Gasteiger partial charge < -0.3 is 20.1 Å². The van der Waals surface area contributed by atoms with Crippen molar-refractivity contribution in [2.24, 2.45) is 23.2 Å². The monoisotopic (exact) mass is 402 g/mol. The molecular formula is C25H38O4. The van der Waals surface area contributed by atoms with Crippen LogP contribution >= 0.6 is 0 Å². The highest BCUT2D eigenvalue weighted by Crippen LogP contribution is 2.62. The Morgan fingerprint density at radius 1 is 1.24 bits per heavy atom. The third-order valence-corrected chi connectivity index (χ3v) is 8.40. The third-order valence-electron chi connectivity index (χ3n) is 8.40. The highest BCUT2D eigenvalue weighted by Gasteiger charge is 2.56. The average molecular weight is 403 g/mol. The van der Waals surface area contributed by atoms with E-state index in [0.717, 1.165) is 25.0 Å². The molecule has 29 heavy (non-hydrogen) atoms. The van der Waals surface area contributed by atoms with E-state index in [1.54, 1.807) is 0 Å². The van der Waals surface area contributed by atoms with Crippen LogP contribution in [0.15, 0.2) is 18.2 Å². The van der Waals surface area contributed by atoms with Crippen LogP contribution in [0.4, 0.5) is 0 Å². The molecule has 0 spiro atoms. The molecule has 0 amide bonds. The first-order chi connectivity index (χ1) is 14.0. The molecule has 1 aromatic carbocycles. The van der Waals surface area contributed by atoms with Gasteiger partial charge in [0.1, 0.15) is 18.5 Å². The quantitative estimate of drug-likeness (QED) is 0.643. The summed E-state index contributed by atoms with van der Waals surface area (Å²) in [5.41, 5.74) is 3.00. The Balaban J connectivity index is 1.62. The minimum Gasteiger partial charge on any atom is -0.491 e. The van der Waals surface area contributed by atoms with E-state index in [4.69, 9.17) is 9.84 Å². The summed E-state index contributed by atoms with van der Waals surface area (Å²) >= 11 is 0. The zero-order chi connectivity index (χ0) is 20.6. The van der Waals surface area contributed by atoms with Crippen molar-refractivity contribution in [1.82, 2.24) is 0 Å². The van der Waals surface area contributed by atoms with Gasteiger partial charge in [0, 0.05) is 0 Å². The minimum atomic E-state index is -0.836. The Kier molecular flexibility index (Phi) is 6.24. The highest BCUT2D eigenvalue weighted by molar-refractivity contribution is 5.41. The molecule has 0 saturated heterocycles. The van der Waals surface area contributed by atoms with Crippen LogP contribution in [0.2, 0.25) is 0 Å². The zero-order valence-electron chi connectivity index (χ0n) is 18.0. The number of aliphatic hydroxyl groups excluding tert-OH is 3. The van der Waals surface area contributed by atoms with Gasteiger partial charge in [0.05, 0.1) is 12.7 Å². The molecule has 3 aliphatic rings. The summed E-state index contributed by atoms with van der Waals surface area (Å²) in [7, 11) is 0. The van der Waals surface area contributed by atoms with Crippen LogP contribution in [0, 0.1) is 23.2 Å². The molecule has 7 atom stereocenters. The van der Waals surface area contributed by atoms with Gasteiger partial charge >= 0.3 is 0 Å². The molecular weight excluding hydrogens is 364 g/mol. The van der Waals surface area contributed by atoms with Crippen molar-refractivity contribution in [3.63, 3.8) is 0 Å². The van der Waals surface area contributed by atoms with Crippen LogP contribution in [0.1, 0.15) is 75.8 Å². The standard InChI is InChI=1S/C25H38O4/c1-3-4-5-16-12-17-13-19(29-15-18(27)14-26)6-7-20(17)21-10-11-25(2)22(24(16)21)8-9-23(25)28/h6-7,13,16,18,21-24,26-28H,3-5,8-12,14-15H2,1-2H3/t16-,18?,21-,22+,23+,24-,25+/m1/s1. The van der Waals surface area contributed by atoms with Gasteiger partial charge in [0.2, 0.25) is 0 Å². The summed E-state index contributed by atoms with van der Waals surface area (Å²) in [6.45, 7) is 4.47. The van der Waals surface area contributed by atoms with Gasteiger partial charge in [0.15, 0.2) is 0 Å². The average Bonchev–Trinajstić information content (AvgIpc) is 3.04. The SMILES string of the molecule is CCCC[C@@H]1Cc2cc(OCC(O)CO)ccc2[C@H]2CC[C@]3(C)[C@@H](O)CC[C@H]3[C@H]12. The first-order valence-corrected chi connectivity index (χ1v) is 11.7. The Hall–Kier alpha value is -1.10. The zero-order valence-corrected chi connectivity index (χ0v) is 18.0. The van der Waals surface area contributed by atoms with Crippen molar-refractivity contribution in [1.29, 1.82) is 0 Å². The summed E-state index contributed by atoms with van der Waals surface area (Å²) in [4.78, 5) is 0. The van der Waals surface area contributed by atoms with Crippen molar-refractivity contribution in [2.75, 3.05) is 13.2 Å². The molecule has 2 saturated carbocycles. The molecule has 162 valence electrons. The Bertz CT molecular complexity index is 704. The van der Waals surface area contributed by atoms with Gasteiger partial charge in [-0.15, -0.1) is 0 Å². The fourth-order valence-corrected chi connectivity index (χ4v) is 6.82. The van der Waals surface area contributed by atoms with Gasteiger partial charge in [0.25, 0.3) is 0 Å². The first-order valence-electron chi connectivity index (χ1n) is 11.7. The second-order valence-electron chi connectivity index (χ2n) is 10.0. The van der Waals surface area contributed by atoms with Gasteiger partial charge in [-0.1, -0.05) is 32.8 Å². The first kappa shape index (κ1) is 21.1. The van der Waals surface area contributed by atoms with Gasteiger partial charge in [-0.05, 0) is 90.9 Å². The topological polar surface area (TPSA) is 69.9 Å².